The molecule has 6 heteroatoms. The Labute approximate surface area is 194 Å². The maximum atomic E-state index is 12.7. The van der Waals surface area contributed by atoms with E-state index in [9.17, 15) is 10.1 Å². The number of hydrogen-bond donors (Lipinski definition) is 1. The van der Waals surface area contributed by atoms with Crippen LogP contribution in [0.15, 0.2) is 35.9 Å². The molecule has 1 N–H and O–H groups in total. The first kappa shape index (κ1) is 23.2. The van der Waals surface area contributed by atoms with Crippen LogP contribution >= 0.6 is 23.2 Å². The molecule has 0 saturated carbocycles. The van der Waals surface area contributed by atoms with Crippen molar-refractivity contribution in [1.29, 1.82) is 5.26 Å². The van der Waals surface area contributed by atoms with Gasteiger partial charge in [-0.05, 0) is 93.1 Å². The molecule has 0 fully saturated rings. The summed E-state index contributed by atoms with van der Waals surface area (Å²) in [5, 5.41) is 13.1. The lowest BCUT2D eigenvalue weighted by atomic mass is 9.79. The number of amides is 1. The number of anilines is 2. The van der Waals surface area contributed by atoms with Crippen molar-refractivity contribution in [2.24, 2.45) is 0 Å². The number of carbonyl (C=O) groups is 1. The summed E-state index contributed by atoms with van der Waals surface area (Å²) in [4.78, 5) is 15.2. The van der Waals surface area contributed by atoms with Crippen LogP contribution in [0.4, 0.5) is 11.4 Å². The summed E-state index contributed by atoms with van der Waals surface area (Å²) in [6.45, 7) is 11.9. The van der Waals surface area contributed by atoms with Crippen molar-refractivity contribution in [3.05, 3.63) is 62.6 Å². The van der Waals surface area contributed by atoms with E-state index in [1.165, 1.54) is 11.3 Å². The predicted molar refractivity (Wildman–Crippen MR) is 130 cm³/mol. The Morgan fingerprint density at radius 2 is 2.03 bits per heavy atom. The van der Waals surface area contributed by atoms with Gasteiger partial charge in [0, 0.05) is 22.8 Å². The molecule has 1 heterocycles. The molecule has 31 heavy (non-hydrogen) atoms. The topological polar surface area (TPSA) is 56.1 Å². The minimum absolute atomic E-state index is 0.0187. The molecular weight excluding hydrogens is 429 g/mol. The van der Waals surface area contributed by atoms with Crippen LogP contribution in [-0.2, 0) is 4.79 Å². The second-order valence-electron chi connectivity index (χ2n) is 8.68. The van der Waals surface area contributed by atoms with Crippen LogP contribution < -0.4 is 10.2 Å². The zero-order chi connectivity index (χ0) is 22.9. The van der Waals surface area contributed by atoms with Crippen LogP contribution in [0.3, 0.4) is 0 Å². The molecule has 4 nitrogen and oxygen atoms in total. The van der Waals surface area contributed by atoms with E-state index < -0.39 is 5.91 Å². The van der Waals surface area contributed by atoms with Gasteiger partial charge in [-0.15, -0.1) is 0 Å². The summed E-state index contributed by atoms with van der Waals surface area (Å²) in [6.07, 6.45) is 2.69. The van der Waals surface area contributed by atoms with Crippen LogP contribution in [0.2, 0.25) is 10.0 Å². The molecule has 1 amide bonds. The normalized spacial score (nSPS) is 17.7. The van der Waals surface area contributed by atoms with E-state index >= 15 is 0 Å². The summed E-state index contributed by atoms with van der Waals surface area (Å²) >= 11 is 12.1. The van der Waals surface area contributed by atoms with E-state index in [0.29, 0.717) is 21.7 Å². The Bertz CT molecular complexity index is 1100. The minimum atomic E-state index is -0.506. The molecule has 0 radical (unpaired) electrons. The lowest BCUT2D eigenvalue weighted by Crippen LogP contribution is -2.48. The van der Waals surface area contributed by atoms with Gasteiger partial charge in [0.05, 0.1) is 10.7 Å². The van der Waals surface area contributed by atoms with Crippen molar-refractivity contribution in [2.45, 2.75) is 52.5 Å². The molecule has 2 aromatic carbocycles. The zero-order valence-electron chi connectivity index (χ0n) is 18.5. The van der Waals surface area contributed by atoms with E-state index in [1.54, 1.807) is 24.3 Å². The number of aryl methyl sites for hydroxylation is 1. The number of benzene rings is 2. The maximum Gasteiger partial charge on any atom is 0.266 e. The average molecular weight is 456 g/mol. The fourth-order valence-electron chi connectivity index (χ4n) is 4.49. The fraction of sp³-hybridized carbons (Fsp3) is 0.360. The Balaban J connectivity index is 1.97. The van der Waals surface area contributed by atoms with Crippen LogP contribution in [0.5, 0.6) is 0 Å². The summed E-state index contributed by atoms with van der Waals surface area (Å²) < 4.78 is 0. The molecule has 0 aliphatic carbocycles. The molecule has 1 atom stereocenters. The standard InChI is InChI=1S/C25H27Cl2N3O/c1-6-30-23-9-15(2)17(11-20(23)16(3)13-25(30,4)5)10-18(14-28)24(31)29-22-8-7-19(26)12-21(22)27/h7-12,16H,6,13H2,1-5H3,(H,29,31)/b18-10+. The van der Waals surface area contributed by atoms with Crippen molar-refractivity contribution in [3.63, 3.8) is 0 Å². The Hall–Kier alpha value is -2.48. The molecule has 1 unspecified atom stereocenters. The number of hydrogen-bond acceptors (Lipinski definition) is 3. The van der Waals surface area contributed by atoms with Crippen molar-refractivity contribution in [1.82, 2.24) is 0 Å². The van der Waals surface area contributed by atoms with E-state index in [1.807, 2.05) is 13.0 Å². The Morgan fingerprint density at radius 1 is 1.32 bits per heavy atom. The largest absolute Gasteiger partial charge is 0.366 e. The Morgan fingerprint density at radius 3 is 2.65 bits per heavy atom. The van der Waals surface area contributed by atoms with Crippen LogP contribution in [0, 0.1) is 18.3 Å². The van der Waals surface area contributed by atoms with E-state index in [0.717, 1.165) is 24.1 Å². The van der Waals surface area contributed by atoms with Crippen molar-refractivity contribution in [2.75, 3.05) is 16.8 Å². The second kappa shape index (κ2) is 8.94. The second-order valence-corrected chi connectivity index (χ2v) is 9.52. The molecule has 0 saturated heterocycles. The molecule has 3 rings (SSSR count). The third kappa shape index (κ3) is 4.74. The van der Waals surface area contributed by atoms with E-state index in [-0.39, 0.29) is 11.1 Å². The van der Waals surface area contributed by atoms with Crippen LogP contribution in [0.1, 0.15) is 56.7 Å². The van der Waals surface area contributed by atoms with Crippen LogP contribution in [0.25, 0.3) is 6.08 Å². The quantitative estimate of drug-likeness (QED) is 0.400. The highest BCUT2D eigenvalue weighted by molar-refractivity contribution is 6.36. The van der Waals surface area contributed by atoms with Gasteiger partial charge in [-0.25, -0.2) is 0 Å². The molecule has 1 aliphatic rings. The van der Waals surface area contributed by atoms with Gasteiger partial charge in [0.15, 0.2) is 0 Å². The SMILES string of the molecule is CCN1c2cc(C)c(/C=C(\C#N)C(=O)Nc3ccc(Cl)cc3Cl)cc2C(C)CC1(C)C. The first-order valence-electron chi connectivity index (χ1n) is 10.4. The molecular formula is C25H27Cl2N3O. The summed E-state index contributed by atoms with van der Waals surface area (Å²) in [5.74, 6) is -0.124. The fourth-order valence-corrected chi connectivity index (χ4v) is 4.95. The molecule has 2 aromatic rings. The first-order valence-corrected chi connectivity index (χ1v) is 11.1. The van der Waals surface area contributed by atoms with Gasteiger partial charge in [0.25, 0.3) is 5.91 Å². The van der Waals surface area contributed by atoms with Crippen molar-refractivity contribution < 1.29 is 4.79 Å². The van der Waals surface area contributed by atoms with E-state index in [2.05, 4.69) is 50.0 Å². The van der Waals surface area contributed by atoms with E-state index in [4.69, 9.17) is 23.2 Å². The lowest BCUT2D eigenvalue weighted by Gasteiger charge is -2.47. The third-order valence-electron chi connectivity index (χ3n) is 5.93. The monoisotopic (exact) mass is 455 g/mol. The minimum Gasteiger partial charge on any atom is -0.366 e. The lowest BCUT2D eigenvalue weighted by molar-refractivity contribution is -0.112. The third-order valence-corrected chi connectivity index (χ3v) is 6.48. The zero-order valence-corrected chi connectivity index (χ0v) is 20.0. The number of nitrogens with one attached hydrogen (secondary N) is 1. The number of rotatable bonds is 4. The predicted octanol–water partition coefficient (Wildman–Crippen LogP) is 6.96. The molecule has 162 valence electrons. The van der Waals surface area contributed by atoms with Crippen molar-refractivity contribution in [3.8, 4) is 6.07 Å². The smallest absolute Gasteiger partial charge is 0.266 e. The average Bonchev–Trinajstić information content (AvgIpc) is 2.68. The van der Waals surface area contributed by atoms with Gasteiger partial charge in [-0.2, -0.15) is 5.26 Å². The molecule has 0 bridgehead atoms. The summed E-state index contributed by atoms with van der Waals surface area (Å²) in [6, 6.07) is 11.1. The molecule has 0 aromatic heterocycles. The molecule has 0 spiro atoms. The summed E-state index contributed by atoms with van der Waals surface area (Å²) in [7, 11) is 0. The number of halogens is 2. The van der Waals surface area contributed by atoms with Gasteiger partial charge in [0.2, 0.25) is 0 Å². The Kier molecular flexibility index (Phi) is 6.69. The maximum absolute atomic E-state index is 12.7. The van der Waals surface area contributed by atoms with Crippen molar-refractivity contribution >= 4 is 46.6 Å². The van der Waals surface area contributed by atoms with Gasteiger partial charge < -0.3 is 10.2 Å². The van der Waals surface area contributed by atoms with Gasteiger partial charge in [-0.1, -0.05) is 30.1 Å². The number of nitrogens with zero attached hydrogens (tertiary/aromatic N) is 2. The summed E-state index contributed by atoms with van der Waals surface area (Å²) in [5.41, 5.74) is 4.88. The number of nitriles is 1. The molecule has 1 aliphatic heterocycles. The van der Waals surface area contributed by atoms with Gasteiger partial charge in [-0.3, -0.25) is 4.79 Å². The number of carbonyl (C=O) groups excluding carboxylic acids is 1. The van der Waals surface area contributed by atoms with Gasteiger partial charge in [0.1, 0.15) is 11.6 Å². The van der Waals surface area contributed by atoms with Gasteiger partial charge >= 0.3 is 0 Å². The van der Waals surface area contributed by atoms with Crippen LogP contribution in [-0.4, -0.2) is 18.0 Å². The number of fused-ring (bicyclic) bond motifs is 1. The first-order chi connectivity index (χ1) is 14.6. The highest BCUT2D eigenvalue weighted by Crippen LogP contribution is 2.44. The highest BCUT2D eigenvalue weighted by Gasteiger charge is 2.35. The highest BCUT2D eigenvalue weighted by atomic mass is 35.5.